The highest BCUT2D eigenvalue weighted by Crippen LogP contribution is 2.27. The first-order chi connectivity index (χ1) is 13.5. The molecular formula is C21H17FN2O4. The van der Waals surface area contributed by atoms with Crippen LogP contribution in [-0.4, -0.2) is 17.4 Å². The van der Waals surface area contributed by atoms with Gasteiger partial charge in [0, 0.05) is 12.1 Å². The maximum Gasteiger partial charge on any atom is 0.311 e. The molecule has 0 heterocycles. The molecule has 142 valence electrons. The standard InChI is InChI=1S/C21H17FN2O4/c22-17-11-12-18(24(26)27)19(13-17)28-14-20(25)23-21(15-7-3-1-4-8-15)16-9-5-2-6-10-16/h1-13,21H,14H2,(H,23,25). The van der Waals surface area contributed by atoms with Gasteiger partial charge in [-0.1, -0.05) is 60.7 Å². The third-order valence-corrected chi connectivity index (χ3v) is 4.05. The Hall–Kier alpha value is -3.74. The molecule has 6 nitrogen and oxygen atoms in total. The Morgan fingerprint density at radius 2 is 1.57 bits per heavy atom. The normalized spacial score (nSPS) is 10.5. The third-order valence-electron chi connectivity index (χ3n) is 4.05. The van der Waals surface area contributed by atoms with Gasteiger partial charge in [-0.2, -0.15) is 0 Å². The fourth-order valence-corrected chi connectivity index (χ4v) is 2.75. The van der Waals surface area contributed by atoms with Crippen molar-refractivity contribution < 1.29 is 18.8 Å². The third kappa shape index (κ3) is 4.70. The van der Waals surface area contributed by atoms with Gasteiger partial charge in [0.25, 0.3) is 5.91 Å². The molecular weight excluding hydrogens is 363 g/mol. The van der Waals surface area contributed by atoms with E-state index in [4.69, 9.17) is 4.74 Å². The van der Waals surface area contributed by atoms with Gasteiger partial charge in [-0.25, -0.2) is 4.39 Å². The van der Waals surface area contributed by atoms with Crippen LogP contribution in [0.3, 0.4) is 0 Å². The molecule has 1 N–H and O–H groups in total. The summed E-state index contributed by atoms with van der Waals surface area (Å²) in [5.41, 5.74) is 1.34. The smallest absolute Gasteiger partial charge is 0.311 e. The average molecular weight is 380 g/mol. The molecule has 0 spiro atoms. The number of carbonyl (C=O) groups is 1. The molecule has 28 heavy (non-hydrogen) atoms. The van der Waals surface area contributed by atoms with E-state index in [-0.39, 0.29) is 5.75 Å². The van der Waals surface area contributed by atoms with Gasteiger partial charge < -0.3 is 10.1 Å². The number of halogens is 1. The molecule has 0 saturated heterocycles. The van der Waals surface area contributed by atoms with Crippen molar-refractivity contribution in [3.8, 4) is 5.75 Å². The first-order valence-electron chi connectivity index (χ1n) is 8.50. The fraction of sp³-hybridized carbons (Fsp3) is 0.0952. The molecule has 7 heteroatoms. The van der Waals surface area contributed by atoms with Gasteiger partial charge in [-0.15, -0.1) is 0 Å². The highest BCUT2D eigenvalue weighted by atomic mass is 19.1. The van der Waals surface area contributed by atoms with Crippen LogP contribution in [0.4, 0.5) is 10.1 Å². The summed E-state index contributed by atoms with van der Waals surface area (Å²) in [6, 6.07) is 21.2. The van der Waals surface area contributed by atoms with Crippen molar-refractivity contribution in [1.29, 1.82) is 0 Å². The van der Waals surface area contributed by atoms with Gasteiger partial charge in [0.15, 0.2) is 6.61 Å². The number of amides is 1. The monoisotopic (exact) mass is 380 g/mol. The summed E-state index contributed by atoms with van der Waals surface area (Å²) in [6.07, 6.45) is 0. The Morgan fingerprint density at radius 3 is 2.11 bits per heavy atom. The van der Waals surface area contributed by atoms with Crippen LogP contribution in [0.15, 0.2) is 78.9 Å². The van der Waals surface area contributed by atoms with E-state index in [1.54, 1.807) is 0 Å². The van der Waals surface area contributed by atoms with Crippen LogP contribution in [-0.2, 0) is 4.79 Å². The number of nitrogens with zero attached hydrogens (tertiary/aromatic N) is 1. The molecule has 0 saturated carbocycles. The predicted octanol–water partition coefficient (Wildman–Crippen LogP) is 4.02. The molecule has 0 unspecified atom stereocenters. The van der Waals surface area contributed by atoms with E-state index in [0.717, 1.165) is 29.3 Å². The lowest BCUT2D eigenvalue weighted by atomic mass is 9.99. The lowest BCUT2D eigenvalue weighted by molar-refractivity contribution is -0.385. The summed E-state index contributed by atoms with van der Waals surface area (Å²) in [5, 5.41) is 13.9. The molecule has 3 aromatic rings. The first-order valence-corrected chi connectivity index (χ1v) is 8.50. The van der Waals surface area contributed by atoms with E-state index in [0.29, 0.717) is 0 Å². The van der Waals surface area contributed by atoms with Crippen LogP contribution < -0.4 is 10.1 Å². The number of ether oxygens (including phenoxy) is 1. The van der Waals surface area contributed by atoms with Crippen LogP contribution in [0, 0.1) is 15.9 Å². The van der Waals surface area contributed by atoms with Gasteiger partial charge >= 0.3 is 5.69 Å². The van der Waals surface area contributed by atoms with Crippen molar-refractivity contribution in [3.05, 3.63) is 106 Å². The molecule has 3 aromatic carbocycles. The van der Waals surface area contributed by atoms with Crippen LogP contribution in [0.1, 0.15) is 17.2 Å². The second kappa shape index (κ2) is 8.77. The summed E-state index contributed by atoms with van der Waals surface area (Å²) in [7, 11) is 0. The highest BCUT2D eigenvalue weighted by Gasteiger charge is 2.20. The zero-order valence-electron chi connectivity index (χ0n) is 14.7. The molecule has 0 radical (unpaired) electrons. The van der Waals surface area contributed by atoms with Crippen LogP contribution in [0.2, 0.25) is 0 Å². The van der Waals surface area contributed by atoms with E-state index in [9.17, 15) is 19.3 Å². The topological polar surface area (TPSA) is 81.5 Å². The van der Waals surface area contributed by atoms with Crippen molar-refractivity contribution >= 4 is 11.6 Å². The van der Waals surface area contributed by atoms with Crippen molar-refractivity contribution in [2.45, 2.75) is 6.04 Å². The number of nitro benzene ring substituents is 1. The second-order valence-corrected chi connectivity index (χ2v) is 5.98. The Labute approximate surface area is 160 Å². The lowest BCUT2D eigenvalue weighted by Crippen LogP contribution is -2.33. The van der Waals surface area contributed by atoms with Gasteiger partial charge in [0.1, 0.15) is 5.82 Å². The fourth-order valence-electron chi connectivity index (χ4n) is 2.75. The number of hydrogen-bond acceptors (Lipinski definition) is 4. The van der Waals surface area contributed by atoms with E-state index in [2.05, 4.69) is 5.32 Å². The molecule has 1 amide bonds. The predicted molar refractivity (Wildman–Crippen MR) is 101 cm³/mol. The number of hydrogen-bond donors (Lipinski definition) is 1. The summed E-state index contributed by atoms with van der Waals surface area (Å²) in [4.78, 5) is 22.8. The van der Waals surface area contributed by atoms with Gasteiger partial charge in [0.05, 0.1) is 11.0 Å². The van der Waals surface area contributed by atoms with Crippen molar-refractivity contribution in [3.63, 3.8) is 0 Å². The molecule has 0 aliphatic rings. The van der Waals surface area contributed by atoms with Crippen molar-refractivity contribution in [2.75, 3.05) is 6.61 Å². The summed E-state index contributed by atoms with van der Waals surface area (Å²) < 4.78 is 18.6. The van der Waals surface area contributed by atoms with E-state index in [1.165, 1.54) is 0 Å². The van der Waals surface area contributed by atoms with Gasteiger partial charge in [0.2, 0.25) is 5.75 Å². The minimum Gasteiger partial charge on any atom is -0.477 e. The Kier molecular flexibility index (Phi) is 5.96. The zero-order chi connectivity index (χ0) is 19.9. The van der Waals surface area contributed by atoms with Gasteiger partial charge in [-0.3, -0.25) is 14.9 Å². The largest absolute Gasteiger partial charge is 0.477 e. The Balaban J connectivity index is 1.75. The molecule has 3 rings (SSSR count). The second-order valence-electron chi connectivity index (χ2n) is 5.98. The number of benzene rings is 3. The number of nitro groups is 1. The molecule has 0 aliphatic carbocycles. The van der Waals surface area contributed by atoms with E-state index >= 15 is 0 Å². The van der Waals surface area contributed by atoms with Gasteiger partial charge in [-0.05, 0) is 17.2 Å². The quantitative estimate of drug-likeness (QED) is 0.496. The summed E-state index contributed by atoms with van der Waals surface area (Å²) >= 11 is 0. The summed E-state index contributed by atoms with van der Waals surface area (Å²) in [5.74, 6) is -1.47. The van der Waals surface area contributed by atoms with Crippen LogP contribution in [0.5, 0.6) is 5.75 Å². The first kappa shape index (κ1) is 19.0. The number of carbonyl (C=O) groups excluding carboxylic acids is 1. The molecule has 0 aliphatic heterocycles. The number of nitrogens with one attached hydrogen (secondary N) is 1. The summed E-state index contributed by atoms with van der Waals surface area (Å²) in [6.45, 7) is -0.486. The maximum absolute atomic E-state index is 13.4. The molecule has 0 atom stereocenters. The Morgan fingerprint density at radius 1 is 1.00 bits per heavy atom. The average Bonchev–Trinajstić information content (AvgIpc) is 2.71. The van der Waals surface area contributed by atoms with Crippen LogP contribution in [0.25, 0.3) is 0 Å². The SMILES string of the molecule is O=C(COc1cc(F)ccc1[N+](=O)[O-])NC(c1ccccc1)c1ccccc1. The lowest BCUT2D eigenvalue weighted by Gasteiger charge is -2.20. The van der Waals surface area contributed by atoms with E-state index < -0.39 is 35.0 Å². The van der Waals surface area contributed by atoms with Crippen molar-refractivity contribution in [2.24, 2.45) is 0 Å². The molecule has 0 aromatic heterocycles. The maximum atomic E-state index is 13.4. The minimum absolute atomic E-state index is 0.295. The van der Waals surface area contributed by atoms with Crippen LogP contribution >= 0.6 is 0 Å². The minimum atomic E-state index is -0.691. The number of rotatable bonds is 7. The Bertz CT molecular complexity index is 925. The zero-order valence-corrected chi connectivity index (χ0v) is 14.7. The molecule has 0 bridgehead atoms. The highest BCUT2D eigenvalue weighted by molar-refractivity contribution is 5.78. The molecule has 0 fully saturated rings. The van der Waals surface area contributed by atoms with E-state index in [1.807, 2.05) is 60.7 Å². The van der Waals surface area contributed by atoms with Crippen molar-refractivity contribution in [1.82, 2.24) is 5.32 Å².